The number of nitrogens with two attached hydrogens (primary N) is 1. The fraction of sp³-hybridized carbons (Fsp3) is 0.250. The summed E-state index contributed by atoms with van der Waals surface area (Å²) >= 11 is 7.57. The largest absolute Gasteiger partial charge is 0.327 e. The summed E-state index contributed by atoms with van der Waals surface area (Å²) in [6.45, 7) is 2.03. The van der Waals surface area contributed by atoms with E-state index in [-0.39, 0.29) is 6.04 Å². The second-order valence-electron chi connectivity index (χ2n) is 4.78. The monoisotopic (exact) mass is 327 g/mol. The van der Waals surface area contributed by atoms with Crippen LogP contribution in [0.2, 0.25) is 5.02 Å². The summed E-state index contributed by atoms with van der Waals surface area (Å²) in [5, 5.41) is 0.588. The van der Waals surface area contributed by atoms with Crippen LogP contribution in [0.15, 0.2) is 46.2 Å². The van der Waals surface area contributed by atoms with Crippen LogP contribution in [0, 0.1) is 11.6 Å². The lowest BCUT2D eigenvalue weighted by molar-refractivity contribution is 0.506. The van der Waals surface area contributed by atoms with Gasteiger partial charge < -0.3 is 5.73 Å². The molecule has 0 saturated heterocycles. The number of halogens is 3. The zero-order chi connectivity index (χ0) is 15.4. The quantitative estimate of drug-likeness (QED) is 0.831. The Morgan fingerprint density at radius 1 is 1.19 bits per heavy atom. The Morgan fingerprint density at radius 3 is 2.62 bits per heavy atom. The van der Waals surface area contributed by atoms with Crippen LogP contribution in [-0.4, -0.2) is 6.04 Å². The highest BCUT2D eigenvalue weighted by Crippen LogP contribution is 2.37. The first-order valence-electron chi connectivity index (χ1n) is 6.67. The van der Waals surface area contributed by atoms with Gasteiger partial charge in [-0.25, -0.2) is 8.78 Å². The molecule has 0 aromatic heterocycles. The van der Waals surface area contributed by atoms with Gasteiger partial charge in [-0.3, -0.25) is 0 Å². The van der Waals surface area contributed by atoms with E-state index in [1.807, 2.05) is 19.1 Å². The molecule has 0 aliphatic carbocycles. The lowest BCUT2D eigenvalue weighted by Gasteiger charge is -2.14. The predicted molar refractivity (Wildman–Crippen MR) is 83.9 cm³/mol. The maximum Gasteiger partial charge on any atom is 0.159 e. The zero-order valence-corrected chi connectivity index (χ0v) is 13.1. The van der Waals surface area contributed by atoms with Crippen molar-refractivity contribution in [3.63, 3.8) is 0 Å². The van der Waals surface area contributed by atoms with E-state index in [1.165, 1.54) is 23.9 Å². The van der Waals surface area contributed by atoms with E-state index in [1.54, 1.807) is 6.07 Å². The molecule has 2 aromatic carbocycles. The van der Waals surface area contributed by atoms with Gasteiger partial charge in [-0.2, -0.15) is 0 Å². The summed E-state index contributed by atoms with van der Waals surface area (Å²) in [5.74, 6) is -1.72. The zero-order valence-electron chi connectivity index (χ0n) is 11.6. The molecule has 2 aromatic rings. The van der Waals surface area contributed by atoms with Crippen molar-refractivity contribution in [2.75, 3.05) is 0 Å². The molecular weight excluding hydrogens is 312 g/mol. The molecule has 1 unspecified atom stereocenters. The normalized spacial score (nSPS) is 12.4. The molecule has 0 spiro atoms. The van der Waals surface area contributed by atoms with Gasteiger partial charge in [0.1, 0.15) is 0 Å². The van der Waals surface area contributed by atoms with Crippen molar-refractivity contribution in [2.24, 2.45) is 5.73 Å². The van der Waals surface area contributed by atoms with Gasteiger partial charge in [0.25, 0.3) is 0 Å². The lowest BCUT2D eigenvalue weighted by atomic mass is 10.0. The molecule has 0 aliphatic heterocycles. The van der Waals surface area contributed by atoms with Crippen molar-refractivity contribution in [1.29, 1.82) is 0 Å². The third kappa shape index (κ3) is 4.19. The predicted octanol–water partition coefficient (Wildman–Crippen LogP) is 5.05. The number of hydrogen-bond donors (Lipinski definition) is 1. The Kier molecular flexibility index (Phi) is 5.62. The third-order valence-electron chi connectivity index (χ3n) is 3.17. The van der Waals surface area contributed by atoms with Gasteiger partial charge in [0.2, 0.25) is 0 Å². The van der Waals surface area contributed by atoms with Gasteiger partial charge >= 0.3 is 0 Å². The number of rotatable bonds is 5. The molecular formula is C16H16ClF2NS. The minimum atomic E-state index is -0.862. The molecule has 21 heavy (non-hydrogen) atoms. The molecule has 2 N–H and O–H groups in total. The van der Waals surface area contributed by atoms with Gasteiger partial charge in [-0.05, 0) is 42.7 Å². The summed E-state index contributed by atoms with van der Waals surface area (Å²) in [6.07, 6.45) is 1.56. The Balaban J connectivity index is 2.31. The van der Waals surface area contributed by atoms with Crippen molar-refractivity contribution in [3.8, 4) is 0 Å². The molecule has 112 valence electrons. The van der Waals surface area contributed by atoms with E-state index in [9.17, 15) is 8.78 Å². The van der Waals surface area contributed by atoms with E-state index < -0.39 is 11.6 Å². The highest BCUT2D eigenvalue weighted by Gasteiger charge is 2.12. The highest BCUT2D eigenvalue weighted by molar-refractivity contribution is 7.99. The van der Waals surface area contributed by atoms with Crippen molar-refractivity contribution in [1.82, 2.24) is 0 Å². The van der Waals surface area contributed by atoms with E-state index >= 15 is 0 Å². The average Bonchev–Trinajstić information content (AvgIpc) is 2.46. The topological polar surface area (TPSA) is 26.0 Å². The molecule has 0 heterocycles. The van der Waals surface area contributed by atoms with E-state index in [2.05, 4.69) is 0 Å². The standard InChI is InChI=1S/C16H16ClF2NS/c1-2-11(20)8-10-4-3-5-13(17)16(10)21-12-6-7-14(18)15(19)9-12/h3-7,9,11H,2,8,20H2,1H3. The van der Waals surface area contributed by atoms with Crippen LogP contribution < -0.4 is 5.73 Å². The first-order valence-corrected chi connectivity index (χ1v) is 7.86. The Bertz CT molecular complexity index is 634. The molecule has 0 amide bonds. The summed E-state index contributed by atoms with van der Waals surface area (Å²) in [4.78, 5) is 1.45. The molecule has 1 atom stereocenters. The minimum Gasteiger partial charge on any atom is -0.327 e. The molecule has 1 nitrogen and oxygen atoms in total. The lowest BCUT2D eigenvalue weighted by Crippen LogP contribution is -2.21. The van der Waals surface area contributed by atoms with Gasteiger partial charge in [0.15, 0.2) is 11.6 Å². The molecule has 0 bridgehead atoms. The Labute approximate surface area is 132 Å². The second-order valence-corrected chi connectivity index (χ2v) is 6.27. The highest BCUT2D eigenvalue weighted by atomic mass is 35.5. The van der Waals surface area contributed by atoms with Gasteiger partial charge in [-0.15, -0.1) is 0 Å². The molecule has 0 aliphatic rings. The van der Waals surface area contributed by atoms with E-state index in [0.717, 1.165) is 22.9 Å². The van der Waals surface area contributed by atoms with Crippen molar-refractivity contribution in [3.05, 3.63) is 58.6 Å². The first kappa shape index (κ1) is 16.3. The third-order valence-corrected chi connectivity index (χ3v) is 4.77. The van der Waals surface area contributed by atoms with Crippen LogP contribution in [0.5, 0.6) is 0 Å². The van der Waals surface area contributed by atoms with Crippen LogP contribution in [0.4, 0.5) is 8.78 Å². The van der Waals surface area contributed by atoms with Crippen LogP contribution in [-0.2, 0) is 6.42 Å². The summed E-state index contributed by atoms with van der Waals surface area (Å²) in [5.41, 5.74) is 7.02. The van der Waals surface area contributed by atoms with Crippen LogP contribution in [0.25, 0.3) is 0 Å². The van der Waals surface area contributed by atoms with E-state index in [0.29, 0.717) is 16.3 Å². The SMILES string of the molecule is CCC(N)Cc1cccc(Cl)c1Sc1ccc(F)c(F)c1. The van der Waals surface area contributed by atoms with Gasteiger partial charge in [0, 0.05) is 15.8 Å². The summed E-state index contributed by atoms with van der Waals surface area (Å²) in [7, 11) is 0. The van der Waals surface area contributed by atoms with E-state index in [4.69, 9.17) is 17.3 Å². The van der Waals surface area contributed by atoms with Crippen molar-refractivity contribution in [2.45, 2.75) is 35.6 Å². The fourth-order valence-electron chi connectivity index (χ4n) is 1.91. The number of benzene rings is 2. The fourth-order valence-corrected chi connectivity index (χ4v) is 3.21. The summed E-state index contributed by atoms with van der Waals surface area (Å²) < 4.78 is 26.3. The van der Waals surface area contributed by atoms with Crippen molar-refractivity contribution >= 4 is 23.4 Å². The molecule has 0 saturated carbocycles. The van der Waals surface area contributed by atoms with Crippen LogP contribution in [0.3, 0.4) is 0 Å². The van der Waals surface area contributed by atoms with Gasteiger partial charge in [-0.1, -0.05) is 42.4 Å². The maximum absolute atomic E-state index is 13.3. The summed E-state index contributed by atoms with van der Waals surface area (Å²) in [6, 6.07) is 9.49. The average molecular weight is 328 g/mol. The Morgan fingerprint density at radius 2 is 1.95 bits per heavy atom. The maximum atomic E-state index is 13.3. The minimum absolute atomic E-state index is 0.0489. The smallest absolute Gasteiger partial charge is 0.159 e. The molecule has 0 radical (unpaired) electrons. The molecule has 5 heteroatoms. The number of hydrogen-bond acceptors (Lipinski definition) is 2. The second kappa shape index (κ2) is 7.25. The first-order chi connectivity index (χ1) is 10.0. The molecule has 0 fully saturated rings. The van der Waals surface area contributed by atoms with Crippen LogP contribution >= 0.6 is 23.4 Å². The van der Waals surface area contributed by atoms with Crippen molar-refractivity contribution < 1.29 is 8.78 Å². The molecule has 2 rings (SSSR count). The van der Waals surface area contributed by atoms with Crippen LogP contribution in [0.1, 0.15) is 18.9 Å². The Hall–Kier alpha value is -1.10. The van der Waals surface area contributed by atoms with Gasteiger partial charge in [0.05, 0.1) is 5.02 Å².